The zero-order chi connectivity index (χ0) is 11.7. The standard InChI is InChI=1S/C13H12N2O2/c16-12-11(8-9-4-2-1-3-5-9)14-10-6-7-17-13(10)15-12/h1-7,11,14H,8H2,(H,15,16). The third-order valence-corrected chi connectivity index (χ3v) is 2.83. The first-order valence-corrected chi connectivity index (χ1v) is 5.52. The van der Waals surface area contributed by atoms with Crippen molar-refractivity contribution in [3.8, 4) is 0 Å². The van der Waals surface area contributed by atoms with Crippen molar-refractivity contribution in [2.45, 2.75) is 12.5 Å². The number of anilines is 2. The molecule has 0 spiro atoms. The minimum absolute atomic E-state index is 0.0590. The van der Waals surface area contributed by atoms with Crippen molar-refractivity contribution in [1.29, 1.82) is 0 Å². The van der Waals surface area contributed by atoms with Gasteiger partial charge in [0, 0.05) is 12.5 Å². The van der Waals surface area contributed by atoms with Gasteiger partial charge in [0.25, 0.3) is 0 Å². The van der Waals surface area contributed by atoms with E-state index in [4.69, 9.17) is 4.42 Å². The third-order valence-electron chi connectivity index (χ3n) is 2.83. The van der Waals surface area contributed by atoms with E-state index in [1.807, 2.05) is 36.4 Å². The molecule has 17 heavy (non-hydrogen) atoms. The topological polar surface area (TPSA) is 54.3 Å². The van der Waals surface area contributed by atoms with E-state index in [9.17, 15) is 4.79 Å². The summed E-state index contributed by atoms with van der Waals surface area (Å²) in [4.78, 5) is 11.8. The highest BCUT2D eigenvalue weighted by atomic mass is 16.3. The first-order valence-electron chi connectivity index (χ1n) is 5.52. The van der Waals surface area contributed by atoms with Gasteiger partial charge in [-0.25, -0.2) is 0 Å². The van der Waals surface area contributed by atoms with Crippen LogP contribution in [0.3, 0.4) is 0 Å². The molecule has 1 amide bonds. The molecule has 2 aromatic rings. The van der Waals surface area contributed by atoms with Crippen LogP contribution < -0.4 is 10.6 Å². The number of furan rings is 1. The van der Waals surface area contributed by atoms with Crippen molar-refractivity contribution in [3.63, 3.8) is 0 Å². The van der Waals surface area contributed by atoms with E-state index in [1.54, 1.807) is 6.26 Å². The highest BCUT2D eigenvalue weighted by Gasteiger charge is 2.27. The first-order chi connectivity index (χ1) is 8.33. The predicted molar refractivity (Wildman–Crippen MR) is 64.9 cm³/mol. The second kappa shape index (κ2) is 3.97. The SMILES string of the molecule is O=C1Nc2occc2NC1Cc1ccccc1. The number of hydrogen-bond donors (Lipinski definition) is 2. The fourth-order valence-electron chi connectivity index (χ4n) is 1.97. The Morgan fingerprint density at radius 3 is 2.82 bits per heavy atom. The highest BCUT2D eigenvalue weighted by molar-refractivity contribution is 6.01. The molecule has 0 radical (unpaired) electrons. The van der Waals surface area contributed by atoms with E-state index in [2.05, 4.69) is 10.6 Å². The Hall–Kier alpha value is -2.23. The Morgan fingerprint density at radius 1 is 1.18 bits per heavy atom. The second-order valence-corrected chi connectivity index (χ2v) is 4.04. The third kappa shape index (κ3) is 1.89. The monoisotopic (exact) mass is 228 g/mol. The van der Waals surface area contributed by atoms with Crippen molar-refractivity contribution in [3.05, 3.63) is 48.2 Å². The van der Waals surface area contributed by atoms with E-state index in [-0.39, 0.29) is 11.9 Å². The molecule has 86 valence electrons. The first kappa shape index (κ1) is 9.96. The maximum Gasteiger partial charge on any atom is 0.249 e. The van der Waals surface area contributed by atoms with Gasteiger partial charge < -0.3 is 9.73 Å². The number of fused-ring (bicyclic) bond motifs is 1. The molecule has 1 atom stereocenters. The maximum absolute atomic E-state index is 11.8. The lowest BCUT2D eigenvalue weighted by atomic mass is 10.0. The van der Waals surface area contributed by atoms with Crippen molar-refractivity contribution in [2.75, 3.05) is 10.6 Å². The van der Waals surface area contributed by atoms with Crippen LogP contribution in [0.5, 0.6) is 0 Å². The summed E-state index contributed by atoms with van der Waals surface area (Å²) in [7, 11) is 0. The number of benzene rings is 1. The summed E-state index contributed by atoms with van der Waals surface area (Å²) in [5, 5.41) is 5.91. The fourth-order valence-corrected chi connectivity index (χ4v) is 1.97. The Morgan fingerprint density at radius 2 is 2.00 bits per heavy atom. The maximum atomic E-state index is 11.8. The molecule has 0 saturated heterocycles. The van der Waals surface area contributed by atoms with Crippen LogP contribution in [-0.2, 0) is 11.2 Å². The zero-order valence-corrected chi connectivity index (χ0v) is 9.14. The second-order valence-electron chi connectivity index (χ2n) is 4.04. The molecular formula is C13H12N2O2. The van der Waals surface area contributed by atoms with E-state index in [0.717, 1.165) is 11.3 Å². The van der Waals surface area contributed by atoms with E-state index < -0.39 is 0 Å². The van der Waals surface area contributed by atoms with E-state index >= 15 is 0 Å². The molecule has 1 aliphatic heterocycles. The molecule has 1 aliphatic rings. The number of hydrogen-bond acceptors (Lipinski definition) is 3. The van der Waals surface area contributed by atoms with Gasteiger partial charge >= 0.3 is 0 Å². The van der Waals surface area contributed by atoms with E-state index in [0.29, 0.717) is 12.3 Å². The minimum atomic E-state index is -0.248. The van der Waals surface area contributed by atoms with Gasteiger partial charge in [0.05, 0.1) is 12.0 Å². The Kier molecular flexibility index (Phi) is 2.33. The summed E-state index contributed by atoms with van der Waals surface area (Å²) >= 11 is 0. The summed E-state index contributed by atoms with van der Waals surface area (Å²) in [6.45, 7) is 0. The summed E-state index contributed by atoms with van der Waals surface area (Å²) in [5.41, 5.74) is 1.97. The summed E-state index contributed by atoms with van der Waals surface area (Å²) in [5.74, 6) is 0.440. The summed E-state index contributed by atoms with van der Waals surface area (Å²) in [6.07, 6.45) is 2.22. The molecule has 2 heterocycles. The van der Waals surface area contributed by atoms with Gasteiger partial charge in [0.1, 0.15) is 6.04 Å². The lowest BCUT2D eigenvalue weighted by molar-refractivity contribution is -0.117. The van der Waals surface area contributed by atoms with Crippen LogP contribution in [0.4, 0.5) is 11.6 Å². The van der Waals surface area contributed by atoms with Gasteiger partial charge in [-0.2, -0.15) is 0 Å². The van der Waals surface area contributed by atoms with Crippen LogP contribution in [-0.4, -0.2) is 11.9 Å². The lowest BCUT2D eigenvalue weighted by Gasteiger charge is -2.23. The molecular weight excluding hydrogens is 216 g/mol. The quantitative estimate of drug-likeness (QED) is 0.828. The lowest BCUT2D eigenvalue weighted by Crippen LogP contribution is -2.39. The van der Waals surface area contributed by atoms with Crippen LogP contribution in [0.1, 0.15) is 5.56 Å². The normalized spacial score (nSPS) is 18.1. The van der Waals surface area contributed by atoms with Gasteiger partial charge in [-0.1, -0.05) is 30.3 Å². The van der Waals surface area contributed by atoms with Crippen molar-refractivity contribution < 1.29 is 9.21 Å². The van der Waals surface area contributed by atoms with Crippen molar-refractivity contribution in [2.24, 2.45) is 0 Å². The highest BCUT2D eigenvalue weighted by Crippen LogP contribution is 2.28. The predicted octanol–water partition coefficient (Wildman–Crippen LogP) is 2.25. The van der Waals surface area contributed by atoms with Crippen LogP contribution in [0.25, 0.3) is 0 Å². The Bertz CT molecular complexity index is 533. The van der Waals surface area contributed by atoms with Crippen molar-refractivity contribution >= 4 is 17.5 Å². The van der Waals surface area contributed by atoms with Gasteiger partial charge in [-0.3, -0.25) is 10.1 Å². The van der Waals surface area contributed by atoms with Crippen molar-refractivity contribution in [1.82, 2.24) is 0 Å². The van der Waals surface area contributed by atoms with Gasteiger partial charge in [0.2, 0.25) is 11.8 Å². The molecule has 1 unspecified atom stereocenters. The fraction of sp³-hybridized carbons (Fsp3) is 0.154. The molecule has 0 aliphatic carbocycles. The molecule has 2 N–H and O–H groups in total. The van der Waals surface area contributed by atoms with Crippen LogP contribution in [0.15, 0.2) is 47.1 Å². The number of amides is 1. The molecule has 1 aromatic heterocycles. The van der Waals surface area contributed by atoms with E-state index in [1.165, 1.54) is 0 Å². The summed E-state index contributed by atoms with van der Waals surface area (Å²) in [6, 6.07) is 11.5. The number of nitrogens with one attached hydrogen (secondary N) is 2. The molecule has 4 heteroatoms. The number of rotatable bonds is 2. The molecule has 0 fully saturated rings. The van der Waals surface area contributed by atoms with Gasteiger partial charge in [-0.05, 0) is 5.56 Å². The number of carbonyl (C=O) groups is 1. The Labute approximate surface area is 98.6 Å². The molecule has 1 aromatic carbocycles. The molecule has 4 nitrogen and oxygen atoms in total. The van der Waals surface area contributed by atoms with Gasteiger partial charge in [-0.15, -0.1) is 0 Å². The average molecular weight is 228 g/mol. The van der Waals surface area contributed by atoms with Gasteiger partial charge in [0.15, 0.2) is 0 Å². The Balaban J connectivity index is 1.79. The molecule has 3 rings (SSSR count). The van der Waals surface area contributed by atoms with Crippen LogP contribution >= 0.6 is 0 Å². The average Bonchev–Trinajstić information content (AvgIpc) is 2.78. The van der Waals surface area contributed by atoms with Crippen LogP contribution in [0.2, 0.25) is 0 Å². The minimum Gasteiger partial charge on any atom is -0.446 e. The number of carbonyl (C=O) groups excluding carboxylic acids is 1. The summed E-state index contributed by atoms with van der Waals surface area (Å²) < 4.78 is 5.13. The zero-order valence-electron chi connectivity index (χ0n) is 9.14. The van der Waals surface area contributed by atoms with Crippen LogP contribution in [0, 0.1) is 0 Å². The molecule has 0 saturated carbocycles. The smallest absolute Gasteiger partial charge is 0.249 e. The molecule has 0 bridgehead atoms. The largest absolute Gasteiger partial charge is 0.446 e.